The molecule has 2 heterocycles. The van der Waals surface area contributed by atoms with Crippen LogP contribution >= 0.6 is 0 Å². The van der Waals surface area contributed by atoms with Crippen molar-refractivity contribution in [2.75, 3.05) is 19.8 Å². The van der Waals surface area contributed by atoms with Crippen LogP contribution in [0, 0.1) is 0 Å². The smallest absolute Gasteiger partial charge is 0.220 e. The number of ether oxygens (including phenoxy) is 4. The lowest BCUT2D eigenvalue weighted by Crippen LogP contribution is -2.65. The monoisotopic (exact) mass is 745 g/mol. The Morgan fingerprint density at radius 1 is 0.673 bits per heavy atom. The van der Waals surface area contributed by atoms with Crippen molar-refractivity contribution in [3.05, 3.63) is 36.5 Å². The molecule has 0 aliphatic carbocycles. The van der Waals surface area contributed by atoms with Crippen LogP contribution in [-0.2, 0) is 23.7 Å². The molecule has 302 valence electrons. The Hall–Kier alpha value is -1.79. The lowest BCUT2D eigenvalue weighted by molar-refractivity contribution is -0.359. The van der Waals surface area contributed by atoms with Gasteiger partial charge < -0.3 is 65.1 Å². The van der Waals surface area contributed by atoms with Gasteiger partial charge in [-0.3, -0.25) is 4.79 Å². The number of aliphatic hydroxyl groups excluding tert-OH is 8. The second-order valence-electron chi connectivity index (χ2n) is 13.7. The van der Waals surface area contributed by atoms with Gasteiger partial charge in [-0.1, -0.05) is 88.8 Å². The lowest BCUT2D eigenvalue weighted by atomic mass is 9.97. The van der Waals surface area contributed by atoms with E-state index >= 15 is 0 Å². The number of carbonyl (C=O) groups is 1. The highest BCUT2D eigenvalue weighted by molar-refractivity contribution is 5.76. The molecule has 2 aliphatic heterocycles. The Morgan fingerprint density at radius 3 is 1.87 bits per heavy atom. The van der Waals surface area contributed by atoms with Gasteiger partial charge in [-0.05, 0) is 44.9 Å². The van der Waals surface area contributed by atoms with Gasteiger partial charge >= 0.3 is 0 Å². The van der Waals surface area contributed by atoms with Crippen molar-refractivity contribution in [1.29, 1.82) is 0 Å². The number of amides is 1. The molecule has 12 atom stereocenters. The molecule has 0 spiro atoms. The normalized spacial score (nSPS) is 31.1. The molecule has 1 amide bonds. The summed E-state index contributed by atoms with van der Waals surface area (Å²) in [5.74, 6) is -0.283. The van der Waals surface area contributed by atoms with Crippen LogP contribution in [-0.4, -0.2) is 140 Å². The molecule has 52 heavy (non-hydrogen) atoms. The van der Waals surface area contributed by atoms with Gasteiger partial charge in [-0.25, -0.2) is 0 Å². The fourth-order valence-electron chi connectivity index (χ4n) is 6.02. The van der Waals surface area contributed by atoms with Crippen molar-refractivity contribution in [2.24, 2.45) is 0 Å². The zero-order valence-electron chi connectivity index (χ0n) is 31.0. The number of aliphatic hydroxyl groups is 8. The minimum absolute atomic E-state index is 0.255. The van der Waals surface area contributed by atoms with E-state index in [9.17, 15) is 45.6 Å². The van der Waals surface area contributed by atoms with Crippen LogP contribution in [0.4, 0.5) is 0 Å². The molecule has 14 nitrogen and oxygen atoms in total. The van der Waals surface area contributed by atoms with Crippen LogP contribution in [0.1, 0.15) is 104 Å². The summed E-state index contributed by atoms with van der Waals surface area (Å²) in [6.45, 7) is 2.50. The maximum absolute atomic E-state index is 12.7. The Labute approximate surface area is 309 Å². The van der Waals surface area contributed by atoms with E-state index in [2.05, 4.69) is 36.5 Å². The number of hydrogen-bond donors (Lipinski definition) is 9. The largest absolute Gasteiger partial charge is 0.394 e. The van der Waals surface area contributed by atoms with Crippen molar-refractivity contribution in [3.63, 3.8) is 0 Å². The zero-order valence-corrected chi connectivity index (χ0v) is 31.0. The fraction of sp³-hybridized carbons (Fsp3) is 0.816. The van der Waals surface area contributed by atoms with Crippen molar-refractivity contribution in [3.8, 4) is 0 Å². The van der Waals surface area contributed by atoms with Crippen molar-refractivity contribution in [2.45, 2.75) is 177 Å². The molecule has 2 saturated heterocycles. The average molecular weight is 746 g/mol. The third kappa shape index (κ3) is 16.3. The third-order valence-corrected chi connectivity index (χ3v) is 9.31. The first kappa shape index (κ1) is 46.4. The van der Waals surface area contributed by atoms with Gasteiger partial charge in [0.2, 0.25) is 5.91 Å². The van der Waals surface area contributed by atoms with E-state index in [0.717, 1.165) is 38.5 Å². The molecule has 2 fully saturated rings. The molecule has 2 aliphatic rings. The highest BCUT2D eigenvalue weighted by Gasteiger charge is 2.50. The molecular weight excluding hydrogens is 678 g/mol. The van der Waals surface area contributed by atoms with Gasteiger partial charge in [-0.2, -0.15) is 0 Å². The van der Waals surface area contributed by atoms with Crippen LogP contribution in [0.2, 0.25) is 0 Å². The molecule has 9 N–H and O–H groups in total. The van der Waals surface area contributed by atoms with Crippen LogP contribution < -0.4 is 5.32 Å². The van der Waals surface area contributed by atoms with Crippen molar-refractivity contribution in [1.82, 2.24) is 5.32 Å². The average Bonchev–Trinajstić information content (AvgIpc) is 3.14. The van der Waals surface area contributed by atoms with Crippen molar-refractivity contribution >= 4 is 5.91 Å². The van der Waals surface area contributed by atoms with Crippen molar-refractivity contribution < 1.29 is 64.6 Å². The summed E-state index contributed by atoms with van der Waals surface area (Å²) in [5, 5.41) is 85.5. The quantitative estimate of drug-likeness (QED) is 0.0454. The second kappa shape index (κ2) is 26.9. The van der Waals surface area contributed by atoms with E-state index in [1.54, 1.807) is 6.08 Å². The molecule has 0 saturated carbocycles. The van der Waals surface area contributed by atoms with Gasteiger partial charge in [0.25, 0.3) is 0 Å². The van der Waals surface area contributed by atoms with Crippen LogP contribution in [0.5, 0.6) is 0 Å². The van der Waals surface area contributed by atoms with E-state index < -0.39 is 86.8 Å². The van der Waals surface area contributed by atoms with Crippen LogP contribution in [0.15, 0.2) is 36.5 Å². The molecule has 0 aromatic carbocycles. The summed E-state index contributed by atoms with van der Waals surface area (Å²) in [6.07, 6.45) is 8.79. The molecule has 2 rings (SSSR count). The SMILES string of the molecule is CCCCCCC/C=C/CC/C=C/CC/C=C/C(O)C(COC1OC(CO)C(OC2OC(CO)C(O)C(O)C2O)C(O)C1O)NC(=O)CCCCC. The van der Waals surface area contributed by atoms with E-state index in [4.69, 9.17) is 18.9 Å². The van der Waals surface area contributed by atoms with E-state index in [-0.39, 0.29) is 18.9 Å². The first-order valence-corrected chi connectivity index (χ1v) is 19.2. The number of rotatable bonds is 26. The second-order valence-corrected chi connectivity index (χ2v) is 13.7. The van der Waals surface area contributed by atoms with Crippen LogP contribution in [0.3, 0.4) is 0 Å². The maximum atomic E-state index is 12.7. The summed E-state index contributed by atoms with van der Waals surface area (Å²) in [6, 6.07) is -0.928. The molecule has 0 bridgehead atoms. The highest BCUT2D eigenvalue weighted by Crippen LogP contribution is 2.29. The fourth-order valence-corrected chi connectivity index (χ4v) is 6.02. The number of allylic oxidation sites excluding steroid dienone is 5. The minimum atomic E-state index is -1.79. The van der Waals surface area contributed by atoms with Crippen LogP contribution in [0.25, 0.3) is 0 Å². The standard InChI is InChI=1S/C38H67NO13/c1-3-5-7-8-9-10-11-12-13-14-15-16-17-18-20-21-27(42)26(39-30(43)22-19-6-4-2)25-49-37-35(48)33(46)36(29(24-41)51-37)52-38-34(47)32(45)31(44)28(23-40)50-38/h11-12,15-16,20-21,26-29,31-38,40-42,44-48H,3-10,13-14,17-19,22-25H2,1-2H3,(H,39,43)/b12-11+,16-15+,21-20+. The molecular formula is C38H67NO13. The highest BCUT2D eigenvalue weighted by atomic mass is 16.7. The Balaban J connectivity index is 1.92. The third-order valence-electron chi connectivity index (χ3n) is 9.31. The summed E-state index contributed by atoms with van der Waals surface area (Å²) < 4.78 is 22.4. The van der Waals surface area contributed by atoms with E-state index in [0.29, 0.717) is 12.8 Å². The number of unbranched alkanes of at least 4 members (excludes halogenated alkanes) is 9. The summed E-state index contributed by atoms with van der Waals surface area (Å²) >= 11 is 0. The summed E-state index contributed by atoms with van der Waals surface area (Å²) in [5.41, 5.74) is 0. The zero-order chi connectivity index (χ0) is 38.3. The minimum Gasteiger partial charge on any atom is -0.394 e. The Morgan fingerprint density at radius 2 is 1.23 bits per heavy atom. The first-order chi connectivity index (χ1) is 25.1. The molecule has 0 aromatic heterocycles. The number of carbonyl (C=O) groups excluding carboxylic acids is 1. The molecule has 0 aromatic rings. The Kier molecular flexibility index (Phi) is 24.0. The first-order valence-electron chi connectivity index (χ1n) is 19.2. The number of hydrogen-bond acceptors (Lipinski definition) is 13. The Bertz CT molecular complexity index is 1020. The molecule has 12 unspecified atom stereocenters. The maximum Gasteiger partial charge on any atom is 0.220 e. The van der Waals surface area contributed by atoms with E-state index in [1.165, 1.54) is 32.1 Å². The summed E-state index contributed by atoms with van der Waals surface area (Å²) in [7, 11) is 0. The number of nitrogens with one attached hydrogen (secondary N) is 1. The van der Waals surface area contributed by atoms with Gasteiger partial charge in [0, 0.05) is 6.42 Å². The van der Waals surface area contributed by atoms with Gasteiger partial charge in [0.15, 0.2) is 12.6 Å². The lowest BCUT2D eigenvalue weighted by Gasteiger charge is -2.46. The summed E-state index contributed by atoms with van der Waals surface area (Å²) in [4.78, 5) is 12.7. The predicted molar refractivity (Wildman–Crippen MR) is 194 cm³/mol. The van der Waals surface area contributed by atoms with Gasteiger partial charge in [-0.15, -0.1) is 0 Å². The predicted octanol–water partition coefficient (Wildman–Crippen LogP) is 1.64. The molecule has 14 heteroatoms. The van der Waals surface area contributed by atoms with Gasteiger partial charge in [0.05, 0.1) is 32.0 Å². The van der Waals surface area contributed by atoms with Gasteiger partial charge in [0.1, 0.15) is 48.8 Å². The molecule has 0 radical (unpaired) electrons. The van der Waals surface area contributed by atoms with E-state index in [1.807, 2.05) is 13.0 Å². The topological polar surface area (TPSA) is 228 Å².